The quantitative estimate of drug-likeness (QED) is 0.407. The monoisotopic (exact) mass is 478 g/mol. The number of benzene rings is 2. The summed E-state index contributed by atoms with van der Waals surface area (Å²) in [7, 11) is 0. The number of carbonyl (C=O) groups excluding carboxylic acids is 3. The maximum Gasteiger partial charge on any atom is 0.255 e. The van der Waals surface area contributed by atoms with E-state index in [1.54, 1.807) is 24.3 Å². The lowest BCUT2D eigenvalue weighted by atomic mass is 9.81. The molecule has 2 atom stereocenters. The summed E-state index contributed by atoms with van der Waals surface area (Å²) < 4.78 is 1.99. The molecule has 1 saturated heterocycles. The fraction of sp³-hybridized carbons (Fsp3) is 0.241. The van der Waals surface area contributed by atoms with Crippen molar-refractivity contribution in [3.05, 3.63) is 84.2 Å². The lowest BCUT2D eigenvalue weighted by Gasteiger charge is -2.19. The second-order valence-electron chi connectivity index (χ2n) is 9.64. The van der Waals surface area contributed by atoms with Crippen LogP contribution in [0.1, 0.15) is 41.6 Å². The molecule has 0 unspecified atom stereocenters. The molecule has 1 aliphatic heterocycles. The molecule has 1 saturated carbocycles. The highest BCUT2D eigenvalue weighted by molar-refractivity contribution is 6.22. The zero-order valence-electron chi connectivity index (χ0n) is 20.0. The molecule has 0 radical (unpaired) electrons. The van der Waals surface area contributed by atoms with Gasteiger partial charge in [-0.2, -0.15) is 0 Å². The third-order valence-corrected chi connectivity index (χ3v) is 7.32. The largest absolute Gasteiger partial charge is 0.322 e. The summed E-state index contributed by atoms with van der Waals surface area (Å²) in [6.45, 7) is 2.02. The van der Waals surface area contributed by atoms with Gasteiger partial charge in [-0.05, 0) is 67.8 Å². The molecule has 2 fully saturated rings. The molecular weight excluding hydrogens is 452 g/mol. The van der Waals surface area contributed by atoms with Gasteiger partial charge in [0.2, 0.25) is 11.8 Å². The summed E-state index contributed by atoms with van der Waals surface area (Å²) >= 11 is 0. The number of hydrogen-bond acceptors (Lipinski definition) is 4. The number of anilines is 2. The van der Waals surface area contributed by atoms with E-state index in [-0.39, 0.29) is 29.6 Å². The molecule has 2 aliphatic rings. The highest BCUT2D eigenvalue weighted by Gasteiger charge is 2.48. The molecule has 1 N–H and O–H groups in total. The van der Waals surface area contributed by atoms with E-state index >= 15 is 0 Å². The Morgan fingerprint density at radius 2 is 1.67 bits per heavy atom. The zero-order valence-corrected chi connectivity index (χ0v) is 20.0. The van der Waals surface area contributed by atoms with Crippen LogP contribution in [0.5, 0.6) is 0 Å². The standard InChI is InChI=1S/C29H26N4O3/c1-18-6-5-15-32-17-25(31-26(18)32)20-7-4-8-21(16-20)30-27(34)19-11-13-22(14-12-19)33-28(35)23-9-2-3-10-24(23)29(33)36/h4-8,11-17,23-24H,2-3,9-10H2,1H3,(H,30,34)/t23-,24+. The number of nitrogens with one attached hydrogen (secondary N) is 1. The molecule has 4 aromatic rings. The molecule has 0 bridgehead atoms. The first-order valence-corrected chi connectivity index (χ1v) is 12.3. The summed E-state index contributed by atoms with van der Waals surface area (Å²) in [5.74, 6) is -0.879. The van der Waals surface area contributed by atoms with Crippen LogP contribution in [0.3, 0.4) is 0 Å². The fourth-order valence-electron chi connectivity index (χ4n) is 5.43. The number of amides is 3. The van der Waals surface area contributed by atoms with Gasteiger partial charge in [0.25, 0.3) is 5.91 Å². The van der Waals surface area contributed by atoms with Crippen LogP contribution in [-0.2, 0) is 9.59 Å². The molecule has 6 rings (SSSR count). The minimum atomic E-state index is -0.266. The average molecular weight is 479 g/mol. The van der Waals surface area contributed by atoms with E-state index < -0.39 is 0 Å². The van der Waals surface area contributed by atoms with Gasteiger partial charge in [0, 0.05) is 29.2 Å². The smallest absolute Gasteiger partial charge is 0.255 e. The SMILES string of the molecule is Cc1cccn2cc(-c3cccc(NC(=O)c4ccc(N5C(=O)[C@H]6CCCC[C@H]6C5=O)cc4)c3)nc12. The van der Waals surface area contributed by atoms with Gasteiger partial charge in [-0.15, -0.1) is 0 Å². The maximum absolute atomic E-state index is 12.9. The van der Waals surface area contributed by atoms with Gasteiger partial charge >= 0.3 is 0 Å². The minimum Gasteiger partial charge on any atom is -0.322 e. The topological polar surface area (TPSA) is 83.8 Å². The van der Waals surface area contributed by atoms with Gasteiger partial charge in [0.1, 0.15) is 5.65 Å². The van der Waals surface area contributed by atoms with E-state index in [1.807, 2.05) is 60.1 Å². The van der Waals surface area contributed by atoms with E-state index in [0.717, 1.165) is 48.2 Å². The highest BCUT2D eigenvalue weighted by Crippen LogP contribution is 2.40. The Kier molecular flexibility index (Phi) is 5.40. The maximum atomic E-state index is 12.9. The second-order valence-corrected chi connectivity index (χ2v) is 9.64. The molecule has 2 aromatic heterocycles. The van der Waals surface area contributed by atoms with Crippen LogP contribution in [-0.4, -0.2) is 27.1 Å². The third kappa shape index (κ3) is 3.77. The minimum absolute atomic E-state index is 0.110. The van der Waals surface area contributed by atoms with Crippen molar-refractivity contribution in [1.29, 1.82) is 0 Å². The predicted octanol–water partition coefficient (Wildman–Crippen LogP) is 5.24. The van der Waals surface area contributed by atoms with Crippen molar-refractivity contribution in [2.75, 3.05) is 10.2 Å². The van der Waals surface area contributed by atoms with Gasteiger partial charge in [-0.1, -0.05) is 31.0 Å². The number of carbonyl (C=O) groups is 3. The van der Waals surface area contributed by atoms with Crippen molar-refractivity contribution in [1.82, 2.24) is 9.38 Å². The van der Waals surface area contributed by atoms with E-state index in [9.17, 15) is 14.4 Å². The van der Waals surface area contributed by atoms with Crippen LogP contribution in [0.4, 0.5) is 11.4 Å². The van der Waals surface area contributed by atoms with Gasteiger partial charge in [-0.3, -0.25) is 19.3 Å². The number of rotatable bonds is 4. The molecule has 3 heterocycles. The predicted molar refractivity (Wildman–Crippen MR) is 138 cm³/mol. The van der Waals surface area contributed by atoms with Crippen LogP contribution in [0, 0.1) is 18.8 Å². The molecule has 180 valence electrons. The van der Waals surface area contributed by atoms with Crippen molar-refractivity contribution < 1.29 is 14.4 Å². The Labute approximate surface area is 208 Å². The number of pyridine rings is 1. The number of imidazole rings is 1. The van der Waals surface area contributed by atoms with Crippen LogP contribution in [0.15, 0.2) is 73.1 Å². The zero-order chi connectivity index (χ0) is 24.8. The summed E-state index contributed by atoms with van der Waals surface area (Å²) in [4.78, 5) is 44.7. The average Bonchev–Trinajstić information content (AvgIpc) is 3.45. The molecule has 7 nitrogen and oxygen atoms in total. The Balaban J connectivity index is 1.19. The van der Waals surface area contributed by atoms with E-state index in [1.165, 1.54) is 4.90 Å². The number of nitrogens with zero attached hydrogens (tertiary/aromatic N) is 3. The Hall–Kier alpha value is -4.26. The molecule has 2 aromatic carbocycles. The van der Waals surface area contributed by atoms with Crippen molar-refractivity contribution in [3.8, 4) is 11.3 Å². The number of aryl methyl sites for hydroxylation is 1. The Morgan fingerprint density at radius 1 is 0.944 bits per heavy atom. The molecule has 7 heteroatoms. The normalized spacial score (nSPS) is 19.5. The number of fused-ring (bicyclic) bond motifs is 2. The first-order valence-electron chi connectivity index (χ1n) is 12.3. The van der Waals surface area contributed by atoms with Crippen molar-refractivity contribution in [2.24, 2.45) is 11.8 Å². The molecule has 1 aliphatic carbocycles. The summed E-state index contributed by atoms with van der Waals surface area (Å²) in [6, 6.07) is 18.2. The van der Waals surface area contributed by atoms with Crippen LogP contribution >= 0.6 is 0 Å². The molecule has 0 spiro atoms. The van der Waals surface area contributed by atoms with Crippen LogP contribution in [0.2, 0.25) is 0 Å². The van der Waals surface area contributed by atoms with Gasteiger partial charge in [-0.25, -0.2) is 4.98 Å². The van der Waals surface area contributed by atoms with E-state index in [4.69, 9.17) is 4.98 Å². The molecule has 3 amide bonds. The van der Waals surface area contributed by atoms with Crippen molar-refractivity contribution in [3.63, 3.8) is 0 Å². The number of aromatic nitrogens is 2. The number of hydrogen-bond donors (Lipinski definition) is 1. The van der Waals surface area contributed by atoms with Crippen molar-refractivity contribution >= 4 is 34.7 Å². The second kappa shape index (κ2) is 8.75. The van der Waals surface area contributed by atoms with E-state index in [2.05, 4.69) is 5.32 Å². The van der Waals surface area contributed by atoms with E-state index in [0.29, 0.717) is 16.9 Å². The lowest BCUT2D eigenvalue weighted by Crippen LogP contribution is -2.30. The van der Waals surface area contributed by atoms with Crippen LogP contribution < -0.4 is 10.2 Å². The number of imide groups is 1. The molecule has 36 heavy (non-hydrogen) atoms. The Morgan fingerprint density at radius 3 is 2.36 bits per heavy atom. The summed E-state index contributed by atoms with van der Waals surface area (Å²) in [5, 5.41) is 2.94. The lowest BCUT2D eigenvalue weighted by molar-refractivity contribution is -0.122. The first kappa shape index (κ1) is 22.2. The fourth-order valence-corrected chi connectivity index (χ4v) is 5.43. The molecular formula is C29H26N4O3. The Bertz CT molecular complexity index is 1480. The van der Waals surface area contributed by atoms with Crippen LogP contribution in [0.25, 0.3) is 16.9 Å². The van der Waals surface area contributed by atoms with Crippen molar-refractivity contribution in [2.45, 2.75) is 32.6 Å². The van der Waals surface area contributed by atoms with Gasteiger partial charge < -0.3 is 9.72 Å². The van der Waals surface area contributed by atoms with Gasteiger partial charge in [0.05, 0.1) is 23.2 Å². The summed E-state index contributed by atoms with van der Waals surface area (Å²) in [6.07, 6.45) is 7.47. The van der Waals surface area contributed by atoms with Gasteiger partial charge in [0.15, 0.2) is 0 Å². The third-order valence-electron chi connectivity index (χ3n) is 7.32. The first-order chi connectivity index (χ1) is 17.5. The summed E-state index contributed by atoms with van der Waals surface area (Å²) in [5.41, 5.74) is 5.35. The highest BCUT2D eigenvalue weighted by atomic mass is 16.2.